The second kappa shape index (κ2) is 8.31. The summed E-state index contributed by atoms with van der Waals surface area (Å²) >= 11 is 8.95. The molecule has 1 aliphatic heterocycles. The quantitative estimate of drug-likeness (QED) is 0.455. The van der Waals surface area contributed by atoms with Gasteiger partial charge in [0.25, 0.3) is 0 Å². The molecule has 3 aromatic rings. The van der Waals surface area contributed by atoms with Gasteiger partial charge in [0, 0.05) is 0 Å². The third kappa shape index (κ3) is 3.67. The molecule has 2 radical (unpaired) electrons. The molecule has 4 rings (SSSR count). The van der Waals surface area contributed by atoms with Gasteiger partial charge in [-0.3, -0.25) is 0 Å². The Kier molecular flexibility index (Phi) is 5.97. The molecular weight excluding hydrogens is 515 g/mol. The molecule has 0 amide bonds. The number of fused-ring (bicyclic) bond motifs is 1. The average Bonchev–Trinajstić information content (AvgIpc) is 3.03. The van der Waals surface area contributed by atoms with Crippen LogP contribution in [0.1, 0.15) is 41.3 Å². The van der Waals surface area contributed by atoms with Crippen molar-refractivity contribution in [1.82, 2.24) is 24.1 Å². The normalized spacial score (nSPS) is 16.0. The monoisotopic (exact) mass is 534 g/mol. The third-order valence-corrected chi connectivity index (χ3v) is 8.04. The van der Waals surface area contributed by atoms with Crippen molar-refractivity contribution in [2.75, 3.05) is 26.5 Å². The number of benzene rings is 1. The van der Waals surface area contributed by atoms with Crippen LogP contribution in [0.25, 0.3) is 11.0 Å². The summed E-state index contributed by atoms with van der Waals surface area (Å²) in [5, 5.41) is 15.6. The van der Waals surface area contributed by atoms with E-state index in [2.05, 4.69) is 38.0 Å². The van der Waals surface area contributed by atoms with Gasteiger partial charge in [-0.2, -0.15) is 0 Å². The van der Waals surface area contributed by atoms with Crippen LogP contribution in [-0.2, 0) is 10.0 Å². The molecule has 0 saturated carbocycles. The summed E-state index contributed by atoms with van der Waals surface area (Å²) in [6.07, 6.45) is 2.66. The van der Waals surface area contributed by atoms with Crippen molar-refractivity contribution >= 4 is 54.0 Å². The van der Waals surface area contributed by atoms with E-state index < -0.39 is 10.0 Å². The van der Waals surface area contributed by atoms with E-state index in [1.54, 1.807) is 10.7 Å². The van der Waals surface area contributed by atoms with Crippen LogP contribution in [0.5, 0.6) is 5.75 Å². The van der Waals surface area contributed by atoms with E-state index in [9.17, 15) is 13.7 Å². The number of sulfonamides is 1. The number of ether oxygens (including phenoxy) is 1. The molecule has 1 saturated heterocycles. The first-order valence-corrected chi connectivity index (χ1v) is 12.9. The fourth-order valence-corrected chi connectivity index (χ4v) is 5.95. The molecule has 32 heavy (non-hydrogen) atoms. The van der Waals surface area contributed by atoms with Crippen LogP contribution >= 0.6 is 11.6 Å². The fourth-order valence-electron chi connectivity index (χ4n) is 4.13. The summed E-state index contributed by atoms with van der Waals surface area (Å²) in [7, 11) is -1.77. The topological polar surface area (TPSA) is 114 Å². The van der Waals surface area contributed by atoms with Crippen LogP contribution in [0.2, 0.25) is 5.02 Å². The van der Waals surface area contributed by atoms with Crippen molar-refractivity contribution in [1.29, 1.82) is 5.26 Å². The van der Waals surface area contributed by atoms with Gasteiger partial charge in [0.05, 0.1) is 6.26 Å². The van der Waals surface area contributed by atoms with Crippen molar-refractivity contribution in [3.63, 3.8) is 0 Å². The van der Waals surface area contributed by atoms with E-state index in [4.69, 9.17) is 16.3 Å². The summed E-state index contributed by atoms with van der Waals surface area (Å²) in [6.45, 7) is 4.39. The molecule has 9 nitrogen and oxygen atoms in total. The van der Waals surface area contributed by atoms with E-state index in [1.165, 1.54) is 24.0 Å². The number of hydrogen-bond donors (Lipinski definition) is 0. The molecule has 12 heteroatoms. The maximum atomic E-state index is 11.9. The summed E-state index contributed by atoms with van der Waals surface area (Å²) in [5.41, 5.74) is 3.13. The first-order valence-electron chi connectivity index (χ1n) is 9.72. The Hall–Kier alpha value is -2.18. The minimum atomic E-state index is -3.30. The van der Waals surface area contributed by atoms with Gasteiger partial charge in [0.2, 0.25) is 0 Å². The van der Waals surface area contributed by atoms with E-state index in [0.29, 0.717) is 27.5 Å². The molecule has 2 aromatic heterocycles. The molecule has 1 unspecified atom stereocenters. The van der Waals surface area contributed by atoms with Gasteiger partial charge in [-0.1, -0.05) is 0 Å². The molecule has 1 fully saturated rings. The third-order valence-electron chi connectivity index (χ3n) is 5.80. The van der Waals surface area contributed by atoms with E-state index in [-0.39, 0.29) is 25.0 Å². The van der Waals surface area contributed by atoms with Crippen molar-refractivity contribution in [2.24, 2.45) is 0 Å². The molecule has 0 N–H and O–H groups in total. The first-order chi connectivity index (χ1) is 15.1. The zero-order chi connectivity index (χ0) is 23.4. The van der Waals surface area contributed by atoms with E-state index in [0.717, 1.165) is 21.1 Å². The number of nitriles is 1. The molecule has 0 aliphatic carbocycles. The van der Waals surface area contributed by atoms with Gasteiger partial charge in [-0.05, 0) is 0 Å². The van der Waals surface area contributed by atoms with Gasteiger partial charge in [-0.15, -0.1) is 0 Å². The molecule has 3 heterocycles. The SMILES string of the molecule is COc1c(C(C)n2nc(C)c3c([As])ncnc32)cc(Cl)c(C#N)c1C1CN(S(C)(=O)=O)C1. The fraction of sp³-hybridized carbons (Fsp3) is 0.400. The molecule has 0 spiro atoms. The second-order valence-electron chi connectivity index (χ2n) is 7.76. The summed E-state index contributed by atoms with van der Waals surface area (Å²) in [4.78, 5) is 8.66. The number of hydrogen-bond acceptors (Lipinski definition) is 7. The standard InChI is InChI=1S/C20H20AsClN6O3S/c1-10-16-19(21)24-9-25-20(16)28(26-10)11(2)13-5-15(22)14(6-23)17(18(13)31-3)12-7-27(8-12)32(4,29)30/h5,9,11-12H,7-8H2,1-4H3. The number of rotatable bonds is 5. The van der Waals surface area contributed by atoms with Crippen LogP contribution in [0.4, 0.5) is 0 Å². The van der Waals surface area contributed by atoms with Crippen molar-refractivity contribution in [3.8, 4) is 11.8 Å². The molecular formula is C20H20AsClN6O3S. The molecule has 1 aliphatic rings. The van der Waals surface area contributed by atoms with Gasteiger partial charge < -0.3 is 0 Å². The molecule has 166 valence electrons. The van der Waals surface area contributed by atoms with Gasteiger partial charge in [-0.25, -0.2) is 8.42 Å². The zero-order valence-corrected chi connectivity index (χ0v) is 21.3. The van der Waals surface area contributed by atoms with Crippen LogP contribution < -0.4 is 9.22 Å². The average molecular weight is 535 g/mol. The van der Waals surface area contributed by atoms with Crippen LogP contribution in [0, 0.1) is 18.3 Å². The predicted octanol–water partition coefficient (Wildman–Crippen LogP) is 1.43. The van der Waals surface area contributed by atoms with Gasteiger partial charge >= 0.3 is 186 Å². The Labute approximate surface area is 199 Å². The second-order valence-corrected chi connectivity index (χ2v) is 11.0. The van der Waals surface area contributed by atoms with Crippen molar-refractivity contribution < 1.29 is 13.2 Å². The van der Waals surface area contributed by atoms with Crippen LogP contribution in [-0.4, -0.2) is 75.8 Å². The predicted molar refractivity (Wildman–Crippen MR) is 121 cm³/mol. The van der Waals surface area contributed by atoms with Gasteiger partial charge in [0.15, 0.2) is 0 Å². The zero-order valence-electron chi connectivity index (χ0n) is 17.9. The van der Waals surface area contributed by atoms with E-state index >= 15 is 0 Å². The van der Waals surface area contributed by atoms with Crippen molar-refractivity contribution in [3.05, 3.63) is 39.8 Å². The van der Waals surface area contributed by atoms with Crippen LogP contribution in [0.3, 0.4) is 0 Å². The van der Waals surface area contributed by atoms with Gasteiger partial charge in [0.1, 0.15) is 0 Å². The number of halogens is 1. The summed E-state index contributed by atoms with van der Waals surface area (Å²) in [6, 6.07) is 3.56. The Morgan fingerprint density at radius 3 is 2.66 bits per heavy atom. The van der Waals surface area contributed by atoms with E-state index in [1.807, 2.05) is 13.8 Å². The Balaban J connectivity index is 1.87. The molecule has 1 atom stereocenters. The molecule has 0 bridgehead atoms. The Morgan fingerprint density at radius 2 is 2.06 bits per heavy atom. The van der Waals surface area contributed by atoms with Crippen molar-refractivity contribution in [2.45, 2.75) is 25.8 Å². The summed E-state index contributed by atoms with van der Waals surface area (Å²) in [5.74, 6) is 0.316. The number of methoxy groups -OCH3 is 1. The number of aryl methyl sites for hydroxylation is 1. The summed E-state index contributed by atoms with van der Waals surface area (Å²) < 4.78 is 33.4. The minimum absolute atomic E-state index is 0.197. The van der Waals surface area contributed by atoms with Crippen LogP contribution in [0.15, 0.2) is 12.4 Å². The Bertz CT molecular complexity index is 1380. The number of nitrogens with zero attached hydrogens (tertiary/aromatic N) is 6. The number of aromatic nitrogens is 4. The first kappa shape index (κ1) is 23.0. The maximum absolute atomic E-state index is 11.9. The Morgan fingerprint density at radius 1 is 1.38 bits per heavy atom. The molecule has 1 aromatic carbocycles.